The van der Waals surface area contributed by atoms with Gasteiger partial charge in [0.25, 0.3) is 5.91 Å². The summed E-state index contributed by atoms with van der Waals surface area (Å²) in [6.45, 7) is 0.997. The molecule has 0 fully saturated rings. The van der Waals surface area contributed by atoms with Crippen LogP contribution in [0.1, 0.15) is 10.5 Å². The Morgan fingerprint density at radius 3 is 3.06 bits per heavy atom. The van der Waals surface area contributed by atoms with E-state index in [1.807, 2.05) is 0 Å². The maximum absolute atomic E-state index is 11.5. The highest BCUT2D eigenvalue weighted by Crippen LogP contribution is 2.02. The number of nitrogens with one attached hydrogen (secondary N) is 1. The van der Waals surface area contributed by atoms with E-state index in [-0.39, 0.29) is 11.5 Å². The number of carbonyl (C=O) groups excluding carboxylic acids is 1. The molecule has 0 aliphatic rings. The topological polar surface area (TPSA) is 112 Å². The number of carbonyl (C=O) groups is 1. The zero-order valence-corrected chi connectivity index (χ0v) is 8.33. The minimum absolute atomic E-state index is 0.000431. The van der Waals surface area contributed by atoms with E-state index in [0.717, 1.165) is 0 Å². The third kappa shape index (κ3) is 2.16. The lowest BCUT2D eigenvalue weighted by Crippen LogP contribution is -2.28. The first-order valence-corrected chi connectivity index (χ1v) is 4.61. The van der Waals surface area contributed by atoms with Crippen LogP contribution in [0.2, 0.25) is 0 Å². The summed E-state index contributed by atoms with van der Waals surface area (Å²) in [5.74, 6) is -0.428. The lowest BCUT2D eigenvalue weighted by atomic mass is 10.4. The van der Waals surface area contributed by atoms with Crippen LogP contribution in [0.5, 0.6) is 0 Å². The molecule has 0 spiro atoms. The molecule has 2 rings (SSSR count). The Balaban J connectivity index is 1.83. The molecule has 8 heteroatoms. The van der Waals surface area contributed by atoms with Crippen molar-refractivity contribution in [2.24, 2.45) is 0 Å². The molecule has 0 bridgehead atoms. The predicted molar refractivity (Wildman–Crippen MR) is 53.3 cm³/mol. The first-order valence-electron chi connectivity index (χ1n) is 4.61. The van der Waals surface area contributed by atoms with Crippen LogP contribution in [0.3, 0.4) is 0 Å². The fourth-order valence-corrected chi connectivity index (χ4v) is 1.15. The molecule has 0 aromatic carbocycles. The minimum atomic E-state index is -0.411. The lowest BCUT2D eigenvalue weighted by molar-refractivity contribution is 0.0942. The van der Waals surface area contributed by atoms with E-state index < -0.39 is 5.91 Å². The number of nitrogens with two attached hydrogens (primary N) is 1. The van der Waals surface area contributed by atoms with Crippen molar-refractivity contribution in [1.82, 2.24) is 25.4 Å². The zero-order chi connectivity index (χ0) is 11.4. The summed E-state index contributed by atoms with van der Waals surface area (Å²) < 4.78 is 6.01. The molecule has 0 saturated carbocycles. The van der Waals surface area contributed by atoms with Crippen molar-refractivity contribution in [1.29, 1.82) is 0 Å². The van der Waals surface area contributed by atoms with Crippen LogP contribution in [0.25, 0.3) is 0 Å². The molecule has 0 aliphatic heterocycles. The summed E-state index contributed by atoms with van der Waals surface area (Å²) in [6.07, 6.45) is 3.47. The Bertz CT molecular complexity index is 463. The summed E-state index contributed by atoms with van der Waals surface area (Å²) in [7, 11) is 0. The molecule has 2 heterocycles. The maximum atomic E-state index is 11.5. The van der Waals surface area contributed by atoms with E-state index in [1.54, 1.807) is 23.1 Å². The molecule has 0 aliphatic carbocycles. The summed E-state index contributed by atoms with van der Waals surface area (Å²) in [5.41, 5.74) is 5.36. The van der Waals surface area contributed by atoms with Gasteiger partial charge in [-0.15, -0.1) is 0 Å². The molecular weight excluding hydrogens is 212 g/mol. The zero-order valence-electron chi connectivity index (χ0n) is 8.33. The van der Waals surface area contributed by atoms with Crippen molar-refractivity contribution in [3.8, 4) is 0 Å². The van der Waals surface area contributed by atoms with Crippen molar-refractivity contribution in [3.63, 3.8) is 0 Å². The van der Waals surface area contributed by atoms with Crippen LogP contribution < -0.4 is 11.1 Å². The van der Waals surface area contributed by atoms with E-state index in [4.69, 9.17) is 5.73 Å². The average Bonchev–Trinajstić information content (AvgIpc) is 2.88. The lowest BCUT2D eigenvalue weighted by Gasteiger charge is -2.02. The summed E-state index contributed by atoms with van der Waals surface area (Å²) >= 11 is 0. The minimum Gasteiger partial charge on any atom is -0.379 e. The van der Waals surface area contributed by atoms with E-state index in [2.05, 4.69) is 25.4 Å². The number of aromatic nitrogens is 4. The maximum Gasteiger partial charge on any atom is 0.277 e. The third-order valence-electron chi connectivity index (χ3n) is 1.91. The molecule has 2 aromatic rings. The summed E-state index contributed by atoms with van der Waals surface area (Å²) in [4.78, 5) is 11.5. The Morgan fingerprint density at radius 1 is 1.56 bits per heavy atom. The van der Waals surface area contributed by atoms with E-state index in [9.17, 15) is 4.79 Å². The van der Waals surface area contributed by atoms with E-state index in [0.29, 0.717) is 13.1 Å². The number of nitrogens with zero attached hydrogens (tertiary/aromatic N) is 4. The second kappa shape index (κ2) is 4.43. The highest BCUT2D eigenvalue weighted by Gasteiger charge is 2.14. The highest BCUT2D eigenvalue weighted by atomic mass is 16.6. The van der Waals surface area contributed by atoms with Gasteiger partial charge in [-0.3, -0.25) is 9.48 Å². The van der Waals surface area contributed by atoms with Gasteiger partial charge in [0.1, 0.15) is 0 Å². The molecule has 0 saturated heterocycles. The van der Waals surface area contributed by atoms with Crippen molar-refractivity contribution < 1.29 is 9.42 Å². The van der Waals surface area contributed by atoms with Crippen LogP contribution in [0.4, 0.5) is 5.82 Å². The van der Waals surface area contributed by atoms with Gasteiger partial charge in [0, 0.05) is 18.9 Å². The van der Waals surface area contributed by atoms with Gasteiger partial charge in [-0.2, -0.15) is 5.10 Å². The molecular formula is C8H10N6O2. The molecule has 84 valence electrons. The van der Waals surface area contributed by atoms with Gasteiger partial charge in [-0.1, -0.05) is 0 Å². The molecule has 2 aromatic heterocycles. The van der Waals surface area contributed by atoms with E-state index >= 15 is 0 Å². The normalized spacial score (nSPS) is 10.2. The number of anilines is 1. The van der Waals surface area contributed by atoms with Crippen LogP contribution in [-0.2, 0) is 6.54 Å². The first kappa shape index (κ1) is 10.1. The predicted octanol–water partition coefficient (Wildman–Crippen LogP) is -0.722. The highest BCUT2D eigenvalue weighted by molar-refractivity contribution is 5.95. The molecule has 0 atom stereocenters. The van der Waals surface area contributed by atoms with Crippen molar-refractivity contribution in [2.45, 2.75) is 6.54 Å². The number of hydrogen-bond acceptors (Lipinski definition) is 6. The Morgan fingerprint density at radius 2 is 2.44 bits per heavy atom. The van der Waals surface area contributed by atoms with Crippen molar-refractivity contribution in [3.05, 3.63) is 24.2 Å². The Labute approximate surface area is 90.4 Å². The number of hydrogen-bond donors (Lipinski definition) is 2. The Hall–Kier alpha value is -2.38. The standard InChI is InChI=1S/C8H10N6O2/c9-7-6(12-16-13-7)8(15)10-3-5-14-4-1-2-11-14/h1-2,4H,3,5H2,(H2,9,13)(H,10,15). The molecule has 8 nitrogen and oxygen atoms in total. The van der Waals surface area contributed by atoms with Gasteiger partial charge < -0.3 is 11.1 Å². The van der Waals surface area contributed by atoms with Crippen LogP contribution >= 0.6 is 0 Å². The quantitative estimate of drug-likeness (QED) is 0.705. The summed E-state index contributed by atoms with van der Waals surface area (Å²) in [5, 5.41) is 13.3. The average molecular weight is 222 g/mol. The van der Waals surface area contributed by atoms with Crippen molar-refractivity contribution in [2.75, 3.05) is 12.3 Å². The largest absolute Gasteiger partial charge is 0.379 e. The fraction of sp³-hybridized carbons (Fsp3) is 0.250. The molecule has 0 unspecified atom stereocenters. The second-order valence-corrected chi connectivity index (χ2v) is 3.02. The second-order valence-electron chi connectivity index (χ2n) is 3.02. The Kier molecular flexibility index (Phi) is 2.81. The van der Waals surface area contributed by atoms with Crippen LogP contribution in [0.15, 0.2) is 23.1 Å². The smallest absolute Gasteiger partial charge is 0.277 e. The molecule has 1 amide bonds. The van der Waals surface area contributed by atoms with Gasteiger partial charge in [0.2, 0.25) is 11.5 Å². The number of amides is 1. The van der Waals surface area contributed by atoms with Gasteiger partial charge in [-0.25, -0.2) is 4.63 Å². The fourth-order valence-electron chi connectivity index (χ4n) is 1.15. The van der Waals surface area contributed by atoms with Gasteiger partial charge in [0.05, 0.1) is 6.54 Å². The monoisotopic (exact) mass is 222 g/mol. The first-order chi connectivity index (χ1) is 7.77. The van der Waals surface area contributed by atoms with Crippen LogP contribution in [-0.4, -0.2) is 32.5 Å². The number of nitrogen functional groups attached to an aromatic ring is 1. The third-order valence-corrected chi connectivity index (χ3v) is 1.91. The number of rotatable bonds is 4. The summed E-state index contributed by atoms with van der Waals surface area (Å²) in [6, 6.07) is 1.81. The molecule has 3 N–H and O–H groups in total. The van der Waals surface area contributed by atoms with Gasteiger partial charge in [-0.05, 0) is 16.4 Å². The van der Waals surface area contributed by atoms with Gasteiger partial charge in [0.15, 0.2) is 0 Å². The van der Waals surface area contributed by atoms with E-state index in [1.165, 1.54) is 0 Å². The SMILES string of the molecule is Nc1nonc1C(=O)NCCn1cccn1. The van der Waals surface area contributed by atoms with Crippen LogP contribution in [0, 0.1) is 0 Å². The van der Waals surface area contributed by atoms with Gasteiger partial charge >= 0.3 is 0 Å². The molecule has 16 heavy (non-hydrogen) atoms. The molecule has 0 radical (unpaired) electrons. The van der Waals surface area contributed by atoms with Crippen molar-refractivity contribution >= 4 is 11.7 Å².